The molecule has 0 fully saturated rings. The van der Waals surface area contributed by atoms with Crippen LogP contribution in [0.15, 0.2) is 52.9 Å². The second-order valence-electron chi connectivity index (χ2n) is 6.25. The first-order valence-electron chi connectivity index (χ1n) is 8.80. The fourth-order valence-corrected chi connectivity index (χ4v) is 4.94. The lowest BCUT2D eigenvalue weighted by atomic mass is 10.1. The molecule has 0 aliphatic heterocycles. The van der Waals surface area contributed by atoms with Crippen LogP contribution in [0, 0.1) is 0 Å². The van der Waals surface area contributed by atoms with Crippen LogP contribution in [0.25, 0.3) is 0 Å². The van der Waals surface area contributed by atoms with Gasteiger partial charge in [-0.2, -0.15) is 0 Å². The number of halogens is 1. The van der Waals surface area contributed by atoms with Crippen molar-refractivity contribution >= 4 is 44.0 Å². The summed E-state index contributed by atoms with van der Waals surface area (Å²) in [6.07, 6.45) is 0.911. The Morgan fingerprint density at radius 3 is 2.48 bits per heavy atom. The molecule has 0 unspecified atom stereocenters. The summed E-state index contributed by atoms with van der Waals surface area (Å²) in [5.41, 5.74) is 2.27. The number of benzene rings is 2. The van der Waals surface area contributed by atoms with E-state index in [0.29, 0.717) is 0 Å². The highest BCUT2D eigenvalue weighted by Crippen LogP contribution is 2.24. The van der Waals surface area contributed by atoms with Crippen molar-refractivity contribution in [3.63, 3.8) is 0 Å². The van der Waals surface area contributed by atoms with Crippen molar-refractivity contribution in [2.75, 3.05) is 5.32 Å². The quantitative estimate of drug-likeness (QED) is 0.529. The molecule has 0 spiro atoms. The highest BCUT2D eigenvalue weighted by molar-refractivity contribution is 7.91. The van der Waals surface area contributed by atoms with Crippen molar-refractivity contribution in [3.8, 4) is 0 Å². The summed E-state index contributed by atoms with van der Waals surface area (Å²) in [5, 5.41) is 10.3. The van der Waals surface area contributed by atoms with E-state index in [9.17, 15) is 13.2 Å². The van der Waals surface area contributed by atoms with Crippen LogP contribution in [0.1, 0.15) is 41.4 Å². The Morgan fingerprint density at radius 1 is 1.14 bits per heavy atom. The molecule has 3 rings (SSSR count). The first-order valence-corrected chi connectivity index (χ1v) is 11.5. The molecule has 0 bridgehead atoms. The molecule has 2 N–H and O–H groups in total. The Morgan fingerprint density at radius 2 is 1.83 bits per heavy atom. The molecule has 152 valence electrons. The van der Waals surface area contributed by atoms with E-state index in [1.54, 1.807) is 31.2 Å². The number of carbonyl (C=O) groups is 1. The standard InChI is InChI=1S/C19H19ClN4O3S2/c1-3-13-8-10-14(11-9-13)12(2)24-29(26,27)19-23-22-18(28-19)21-17(25)15-6-4-5-7-16(15)20/h4-12,24H,3H2,1-2H3,(H,21,22,25)/t12-/m1/s1. The molecular formula is C19H19ClN4O3S2. The molecule has 1 heterocycles. The minimum atomic E-state index is -3.89. The van der Waals surface area contributed by atoms with E-state index in [1.165, 1.54) is 5.56 Å². The summed E-state index contributed by atoms with van der Waals surface area (Å²) in [5.74, 6) is -0.493. The number of nitrogens with one attached hydrogen (secondary N) is 2. The maximum atomic E-state index is 12.6. The van der Waals surface area contributed by atoms with Gasteiger partial charge in [0.15, 0.2) is 0 Å². The zero-order valence-corrected chi connectivity index (χ0v) is 18.1. The van der Waals surface area contributed by atoms with Crippen LogP contribution in [0.2, 0.25) is 5.02 Å². The van der Waals surface area contributed by atoms with Gasteiger partial charge in [-0.05, 0) is 36.6 Å². The molecule has 29 heavy (non-hydrogen) atoms. The van der Waals surface area contributed by atoms with Gasteiger partial charge in [-0.1, -0.05) is 66.3 Å². The van der Waals surface area contributed by atoms with Crippen molar-refractivity contribution < 1.29 is 13.2 Å². The van der Waals surface area contributed by atoms with Gasteiger partial charge in [0.2, 0.25) is 9.47 Å². The summed E-state index contributed by atoms with van der Waals surface area (Å²) < 4.78 is 27.6. The Hall–Kier alpha value is -2.33. The van der Waals surface area contributed by atoms with Crippen LogP contribution >= 0.6 is 22.9 Å². The highest BCUT2D eigenvalue weighted by Gasteiger charge is 2.24. The maximum absolute atomic E-state index is 12.6. The third-order valence-corrected chi connectivity index (χ3v) is 7.27. The van der Waals surface area contributed by atoms with Gasteiger partial charge >= 0.3 is 0 Å². The lowest BCUT2D eigenvalue weighted by Crippen LogP contribution is -2.26. The average molecular weight is 451 g/mol. The van der Waals surface area contributed by atoms with E-state index in [4.69, 9.17) is 11.6 Å². The number of nitrogens with zero attached hydrogens (tertiary/aromatic N) is 2. The molecule has 2 aromatic carbocycles. The predicted octanol–water partition coefficient (Wildman–Crippen LogP) is 4.05. The molecular weight excluding hydrogens is 432 g/mol. The van der Waals surface area contributed by atoms with E-state index < -0.39 is 22.0 Å². The monoisotopic (exact) mass is 450 g/mol. The lowest BCUT2D eigenvalue weighted by molar-refractivity contribution is 0.102. The molecule has 0 radical (unpaired) electrons. The number of rotatable bonds is 7. The summed E-state index contributed by atoms with van der Waals surface area (Å²) >= 11 is 6.76. The van der Waals surface area contributed by atoms with Crippen LogP contribution in [-0.4, -0.2) is 24.5 Å². The van der Waals surface area contributed by atoms with Crippen molar-refractivity contribution in [3.05, 3.63) is 70.2 Å². The molecule has 1 atom stereocenters. The van der Waals surface area contributed by atoms with Crippen molar-refractivity contribution in [2.45, 2.75) is 30.6 Å². The fourth-order valence-electron chi connectivity index (χ4n) is 2.57. The Kier molecular flexibility index (Phi) is 6.63. The first-order chi connectivity index (χ1) is 13.8. The van der Waals surface area contributed by atoms with E-state index in [-0.39, 0.29) is 20.1 Å². The smallest absolute Gasteiger partial charge is 0.270 e. The number of aryl methyl sites for hydroxylation is 1. The lowest BCUT2D eigenvalue weighted by Gasteiger charge is -2.13. The number of amides is 1. The van der Waals surface area contributed by atoms with Crippen LogP contribution in [-0.2, 0) is 16.4 Å². The van der Waals surface area contributed by atoms with Gasteiger partial charge in [0.05, 0.1) is 10.6 Å². The van der Waals surface area contributed by atoms with Crippen molar-refractivity contribution in [1.82, 2.24) is 14.9 Å². The van der Waals surface area contributed by atoms with Crippen molar-refractivity contribution in [2.24, 2.45) is 0 Å². The largest absolute Gasteiger partial charge is 0.296 e. The summed E-state index contributed by atoms with van der Waals surface area (Å²) in [6.45, 7) is 3.80. The molecule has 1 amide bonds. The second-order valence-corrected chi connectivity index (χ2v) is 9.52. The highest BCUT2D eigenvalue weighted by atomic mass is 35.5. The molecule has 0 saturated carbocycles. The second kappa shape index (κ2) is 9.00. The third kappa shape index (κ3) is 5.18. The first kappa shape index (κ1) is 21.4. The van der Waals surface area contributed by atoms with Gasteiger partial charge < -0.3 is 0 Å². The van der Waals surface area contributed by atoms with Crippen LogP contribution in [0.5, 0.6) is 0 Å². The van der Waals surface area contributed by atoms with Crippen LogP contribution in [0.3, 0.4) is 0 Å². The number of sulfonamides is 1. The van der Waals surface area contributed by atoms with E-state index in [0.717, 1.165) is 23.3 Å². The van der Waals surface area contributed by atoms with E-state index >= 15 is 0 Å². The van der Waals surface area contributed by atoms with Crippen LogP contribution < -0.4 is 10.0 Å². The average Bonchev–Trinajstić information content (AvgIpc) is 3.17. The van der Waals surface area contributed by atoms with Gasteiger partial charge in [-0.25, -0.2) is 13.1 Å². The van der Waals surface area contributed by atoms with Gasteiger partial charge in [0.1, 0.15) is 0 Å². The molecule has 1 aromatic heterocycles. The molecule has 3 aromatic rings. The zero-order valence-electron chi connectivity index (χ0n) is 15.7. The van der Waals surface area contributed by atoms with Crippen LogP contribution in [0.4, 0.5) is 5.13 Å². The van der Waals surface area contributed by atoms with Gasteiger partial charge in [0.25, 0.3) is 15.9 Å². The summed E-state index contributed by atoms with van der Waals surface area (Å²) in [4.78, 5) is 12.3. The number of carbonyl (C=O) groups excluding carboxylic acids is 1. The molecule has 0 saturated heterocycles. The molecule has 10 heteroatoms. The Labute approximate surface area is 178 Å². The van der Waals surface area contributed by atoms with Gasteiger partial charge in [-0.3, -0.25) is 10.1 Å². The van der Waals surface area contributed by atoms with E-state index in [2.05, 4.69) is 27.2 Å². The minimum Gasteiger partial charge on any atom is -0.296 e. The number of hydrogen-bond acceptors (Lipinski definition) is 6. The fraction of sp³-hybridized carbons (Fsp3) is 0.211. The van der Waals surface area contributed by atoms with Gasteiger partial charge in [-0.15, -0.1) is 10.2 Å². The predicted molar refractivity (Wildman–Crippen MR) is 114 cm³/mol. The zero-order chi connectivity index (χ0) is 21.0. The van der Waals surface area contributed by atoms with E-state index in [1.807, 2.05) is 24.3 Å². The molecule has 0 aliphatic rings. The normalized spacial score (nSPS) is 12.5. The Bertz CT molecular complexity index is 1110. The van der Waals surface area contributed by atoms with Crippen molar-refractivity contribution in [1.29, 1.82) is 0 Å². The molecule has 0 aliphatic carbocycles. The number of hydrogen-bond donors (Lipinski definition) is 2. The number of aromatic nitrogens is 2. The van der Waals surface area contributed by atoms with Gasteiger partial charge in [0, 0.05) is 6.04 Å². The minimum absolute atomic E-state index is 0.0650. The number of anilines is 1. The molecule has 7 nitrogen and oxygen atoms in total. The Balaban J connectivity index is 1.71. The summed E-state index contributed by atoms with van der Waals surface area (Å²) in [7, 11) is -3.89. The summed E-state index contributed by atoms with van der Waals surface area (Å²) in [6, 6.07) is 13.8. The maximum Gasteiger partial charge on any atom is 0.270 e. The third-order valence-electron chi connectivity index (χ3n) is 4.20. The SMILES string of the molecule is CCc1ccc([C@@H](C)NS(=O)(=O)c2nnc(NC(=O)c3ccccc3Cl)s2)cc1. The topological polar surface area (TPSA) is 101 Å².